The molecule has 0 spiro atoms. The number of carbonyl (C=O) groups excluding carboxylic acids is 2. The molecule has 0 aromatic heterocycles. The number of aliphatic hydroxyl groups excluding tert-OH is 1. The summed E-state index contributed by atoms with van der Waals surface area (Å²) >= 11 is 0. The van der Waals surface area contributed by atoms with Crippen molar-refractivity contribution in [1.29, 1.82) is 0 Å². The van der Waals surface area contributed by atoms with E-state index >= 15 is 0 Å². The smallest absolute Gasteiger partial charge is 0.256 e. The monoisotopic (exact) mass is 398 g/mol. The lowest BCUT2D eigenvalue weighted by molar-refractivity contribution is -0.142. The van der Waals surface area contributed by atoms with Crippen molar-refractivity contribution in [2.45, 2.75) is 31.8 Å². The molecule has 5 nitrogen and oxygen atoms in total. The summed E-state index contributed by atoms with van der Waals surface area (Å²) in [6.07, 6.45) is 1.05. The first kappa shape index (κ1) is 21.0. The number of aliphatic hydroxyl groups is 1. The number of benzene rings is 2. The number of likely N-dealkylation sites (tertiary alicyclic amines) is 1. The van der Waals surface area contributed by atoms with Gasteiger partial charge in [-0.25, -0.2) is 4.39 Å². The molecule has 0 unspecified atom stereocenters. The Bertz CT molecular complexity index is 820. The van der Waals surface area contributed by atoms with Crippen molar-refractivity contribution in [2.75, 3.05) is 19.6 Å². The van der Waals surface area contributed by atoms with Crippen LogP contribution in [-0.4, -0.2) is 41.5 Å². The van der Waals surface area contributed by atoms with Crippen LogP contribution in [0.15, 0.2) is 54.6 Å². The maximum atomic E-state index is 13.6. The fourth-order valence-electron chi connectivity index (χ4n) is 3.60. The fraction of sp³-hybridized carbons (Fsp3) is 0.391. The van der Waals surface area contributed by atoms with Gasteiger partial charge in [0.2, 0.25) is 5.91 Å². The molecular formula is C23H27FN2O3. The summed E-state index contributed by atoms with van der Waals surface area (Å²) in [5.74, 6) is -0.352. The number of amides is 2. The minimum absolute atomic E-state index is 0.0914. The van der Waals surface area contributed by atoms with E-state index in [1.54, 1.807) is 47.4 Å². The van der Waals surface area contributed by atoms with Crippen molar-refractivity contribution in [3.63, 3.8) is 0 Å². The first-order valence-corrected chi connectivity index (χ1v) is 10.1. The molecule has 3 rings (SSSR count). The molecular weight excluding hydrogens is 371 g/mol. The summed E-state index contributed by atoms with van der Waals surface area (Å²) < 4.78 is 13.6. The standard InChI is InChI=1S/C23H27FN2O3/c24-20-9-5-4-6-18(20)10-11-21(27)25-16-17-12-14-26(15-13-17)23(29)22(28)19-7-2-1-3-8-19/h1-9,17,22,28H,10-16H2,(H,25,27)/t22-/m1/s1. The highest BCUT2D eigenvalue weighted by Crippen LogP contribution is 2.21. The number of nitrogens with zero attached hydrogens (tertiary/aromatic N) is 1. The van der Waals surface area contributed by atoms with Crippen LogP contribution in [0.2, 0.25) is 0 Å². The Morgan fingerprint density at radius 3 is 2.41 bits per heavy atom. The van der Waals surface area contributed by atoms with Crippen LogP contribution in [0.5, 0.6) is 0 Å². The van der Waals surface area contributed by atoms with Crippen LogP contribution >= 0.6 is 0 Å². The Hall–Kier alpha value is -2.73. The molecule has 1 atom stereocenters. The van der Waals surface area contributed by atoms with Gasteiger partial charge in [0.25, 0.3) is 5.91 Å². The van der Waals surface area contributed by atoms with E-state index in [1.807, 2.05) is 6.07 Å². The maximum absolute atomic E-state index is 13.6. The summed E-state index contributed by atoms with van der Waals surface area (Å²) in [5, 5.41) is 13.2. The zero-order valence-corrected chi connectivity index (χ0v) is 16.4. The van der Waals surface area contributed by atoms with Crippen molar-refractivity contribution >= 4 is 11.8 Å². The summed E-state index contributed by atoms with van der Waals surface area (Å²) in [4.78, 5) is 26.2. The topological polar surface area (TPSA) is 69.6 Å². The Morgan fingerprint density at radius 1 is 1.07 bits per heavy atom. The molecule has 0 aliphatic carbocycles. The van der Waals surface area contributed by atoms with Gasteiger partial charge in [0.05, 0.1) is 0 Å². The lowest BCUT2D eigenvalue weighted by Gasteiger charge is -2.33. The van der Waals surface area contributed by atoms with E-state index in [-0.39, 0.29) is 24.1 Å². The Balaban J connectivity index is 1.38. The average Bonchev–Trinajstić information content (AvgIpc) is 2.77. The molecule has 2 amide bonds. The third kappa shape index (κ3) is 5.87. The van der Waals surface area contributed by atoms with Gasteiger partial charge in [-0.05, 0) is 42.4 Å². The van der Waals surface area contributed by atoms with Crippen molar-refractivity contribution in [1.82, 2.24) is 10.2 Å². The second-order valence-electron chi connectivity index (χ2n) is 7.48. The van der Waals surface area contributed by atoms with Crippen LogP contribution in [0.3, 0.4) is 0 Å². The fourth-order valence-corrected chi connectivity index (χ4v) is 3.60. The van der Waals surface area contributed by atoms with E-state index in [2.05, 4.69) is 5.32 Å². The highest BCUT2D eigenvalue weighted by Gasteiger charge is 2.28. The molecule has 6 heteroatoms. The van der Waals surface area contributed by atoms with Crippen molar-refractivity contribution < 1.29 is 19.1 Å². The van der Waals surface area contributed by atoms with Crippen molar-refractivity contribution in [2.24, 2.45) is 5.92 Å². The van der Waals surface area contributed by atoms with Crippen LogP contribution in [-0.2, 0) is 16.0 Å². The van der Waals surface area contributed by atoms with Gasteiger partial charge in [0.15, 0.2) is 6.10 Å². The maximum Gasteiger partial charge on any atom is 0.256 e. The Morgan fingerprint density at radius 2 is 1.72 bits per heavy atom. The lowest BCUT2D eigenvalue weighted by Crippen LogP contribution is -2.43. The molecule has 2 aromatic carbocycles. The number of carbonyl (C=O) groups is 2. The highest BCUT2D eigenvalue weighted by atomic mass is 19.1. The molecule has 1 aliphatic heterocycles. The number of rotatable bonds is 7. The Kier molecular flexibility index (Phi) is 7.36. The third-order valence-corrected chi connectivity index (χ3v) is 5.44. The minimum atomic E-state index is -1.13. The number of hydrogen-bond acceptors (Lipinski definition) is 3. The van der Waals surface area contributed by atoms with Crippen LogP contribution in [0.1, 0.15) is 36.5 Å². The number of aryl methyl sites for hydroxylation is 1. The van der Waals surface area contributed by atoms with Crippen molar-refractivity contribution in [3.8, 4) is 0 Å². The van der Waals surface area contributed by atoms with Gasteiger partial charge in [-0.2, -0.15) is 0 Å². The Labute approximate surface area is 170 Å². The molecule has 0 radical (unpaired) electrons. The van der Waals surface area contributed by atoms with E-state index in [0.717, 1.165) is 12.8 Å². The predicted octanol–water partition coefficient (Wildman–Crippen LogP) is 2.85. The average molecular weight is 398 g/mol. The largest absolute Gasteiger partial charge is 0.378 e. The third-order valence-electron chi connectivity index (χ3n) is 5.44. The molecule has 2 aromatic rings. The normalized spacial score (nSPS) is 15.7. The second-order valence-corrected chi connectivity index (χ2v) is 7.48. The van der Waals surface area contributed by atoms with Gasteiger partial charge in [-0.15, -0.1) is 0 Å². The zero-order valence-electron chi connectivity index (χ0n) is 16.4. The van der Waals surface area contributed by atoms with Crippen LogP contribution < -0.4 is 5.32 Å². The zero-order chi connectivity index (χ0) is 20.6. The summed E-state index contributed by atoms with van der Waals surface area (Å²) in [7, 11) is 0. The van der Waals surface area contributed by atoms with Gasteiger partial charge in [-0.1, -0.05) is 48.5 Å². The number of piperidine rings is 1. The predicted molar refractivity (Wildman–Crippen MR) is 108 cm³/mol. The molecule has 1 aliphatic rings. The molecule has 29 heavy (non-hydrogen) atoms. The molecule has 0 saturated carbocycles. The summed E-state index contributed by atoms with van der Waals surface area (Å²) in [6, 6.07) is 15.4. The second kappa shape index (κ2) is 10.2. The molecule has 1 saturated heterocycles. The van der Waals surface area contributed by atoms with Gasteiger partial charge in [0.1, 0.15) is 5.82 Å². The van der Waals surface area contributed by atoms with E-state index in [1.165, 1.54) is 6.07 Å². The van der Waals surface area contributed by atoms with Gasteiger partial charge < -0.3 is 15.3 Å². The van der Waals surface area contributed by atoms with E-state index in [9.17, 15) is 19.1 Å². The van der Waals surface area contributed by atoms with E-state index in [4.69, 9.17) is 0 Å². The van der Waals surface area contributed by atoms with Gasteiger partial charge in [0, 0.05) is 26.1 Å². The van der Waals surface area contributed by atoms with Gasteiger partial charge in [-0.3, -0.25) is 9.59 Å². The first-order chi connectivity index (χ1) is 14.0. The molecule has 0 bridgehead atoms. The first-order valence-electron chi connectivity index (χ1n) is 10.1. The highest BCUT2D eigenvalue weighted by molar-refractivity contribution is 5.82. The molecule has 154 valence electrons. The molecule has 2 N–H and O–H groups in total. The van der Waals surface area contributed by atoms with Gasteiger partial charge >= 0.3 is 0 Å². The van der Waals surface area contributed by atoms with Crippen molar-refractivity contribution in [3.05, 3.63) is 71.5 Å². The van der Waals surface area contributed by atoms with Crippen LogP contribution in [0, 0.1) is 11.7 Å². The summed E-state index contributed by atoms with van der Waals surface area (Å²) in [6.45, 7) is 1.69. The quantitative estimate of drug-likeness (QED) is 0.754. The van der Waals surface area contributed by atoms with E-state index < -0.39 is 6.10 Å². The lowest BCUT2D eigenvalue weighted by atomic mass is 9.96. The van der Waals surface area contributed by atoms with Crippen LogP contribution in [0.4, 0.5) is 4.39 Å². The minimum Gasteiger partial charge on any atom is -0.378 e. The van der Waals surface area contributed by atoms with Crippen LogP contribution in [0.25, 0.3) is 0 Å². The molecule has 1 heterocycles. The number of hydrogen-bond donors (Lipinski definition) is 2. The SMILES string of the molecule is O=C(CCc1ccccc1F)NCC1CCN(C(=O)[C@H](O)c2ccccc2)CC1. The number of nitrogens with one attached hydrogen (secondary N) is 1. The summed E-state index contributed by atoms with van der Waals surface area (Å²) in [5.41, 5.74) is 1.15. The number of halogens is 1. The van der Waals surface area contributed by atoms with E-state index in [0.29, 0.717) is 43.1 Å². The molecule has 1 fully saturated rings.